The molecular weight excluding hydrogens is 364 g/mol. The first-order valence-electron chi connectivity index (χ1n) is 9.01. The first kappa shape index (κ1) is 21.2. The van der Waals surface area contributed by atoms with Crippen molar-refractivity contribution >= 4 is 24.2 Å². The minimum Gasteiger partial charge on any atom is -0.428 e. The van der Waals surface area contributed by atoms with Gasteiger partial charge in [-0.2, -0.15) is 5.10 Å². The van der Waals surface area contributed by atoms with Crippen molar-refractivity contribution in [3.63, 3.8) is 0 Å². The Morgan fingerprint density at radius 1 is 1.29 bits per heavy atom. The van der Waals surface area contributed by atoms with Crippen LogP contribution in [0, 0.1) is 0 Å². The fraction of sp³-hybridized carbons (Fsp3) is 0.474. The third-order valence-electron chi connectivity index (χ3n) is 4.41. The zero-order chi connectivity index (χ0) is 20.9. The van der Waals surface area contributed by atoms with Gasteiger partial charge in [0.05, 0.1) is 12.2 Å². The molecule has 9 heteroatoms. The number of rotatable bonds is 6. The van der Waals surface area contributed by atoms with Gasteiger partial charge in [0.1, 0.15) is 5.60 Å². The van der Waals surface area contributed by atoms with Crippen LogP contribution in [0.1, 0.15) is 54.9 Å². The number of aryl methyl sites for hydroxylation is 1. The molecule has 0 aromatic carbocycles. The second-order valence-corrected chi connectivity index (χ2v) is 7.08. The van der Waals surface area contributed by atoms with E-state index in [2.05, 4.69) is 18.3 Å². The van der Waals surface area contributed by atoms with Crippen LogP contribution in [-0.2, 0) is 22.6 Å². The number of fused-ring (bicyclic) bond motifs is 1. The molecule has 2 N–H and O–H groups in total. The summed E-state index contributed by atoms with van der Waals surface area (Å²) in [6.07, 6.45) is 3.11. The van der Waals surface area contributed by atoms with Crippen LogP contribution in [0.25, 0.3) is 6.08 Å². The highest BCUT2D eigenvalue weighted by Crippen LogP contribution is 2.22. The Bertz CT molecular complexity index is 796. The first-order chi connectivity index (χ1) is 13.2. The zero-order valence-corrected chi connectivity index (χ0v) is 16.3. The van der Waals surface area contributed by atoms with E-state index in [9.17, 15) is 14.4 Å². The Balaban J connectivity index is 2.09. The number of carbonyl (C=O) groups is 3. The van der Waals surface area contributed by atoms with Crippen LogP contribution in [0.2, 0.25) is 0 Å². The topological polar surface area (TPSA) is 117 Å². The number of nitrogens with zero attached hydrogens (tertiary/aromatic N) is 3. The Morgan fingerprint density at radius 2 is 2.00 bits per heavy atom. The van der Waals surface area contributed by atoms with Crippen LogP contribution >= 0.6 is 0 Å². The third kappa shape index (κ3) is 4.99. The van der Waals surface area contributed by atoms with Crippen molar-refractivity contribution in [3.8, 4) is 0 Å². The Labute approximate surface area is 163 Å². The number of primary amides is 1. The van der Waals surface area contributed by atoms with E-state index in [1.807, 2.05) is 0 Å². The molecule has 0 spiro atoms. The van der Waals surface area contributed by atoms with Crippen LogP contribution in [0.15, 0.2) is 19.2 Å². The standard InChI is InChI=1S/C19H26N4O5/c1-5-7-9-19(3,4)28-18(26)27-17(25)22-10-8-11-23-14(12-22)13(6-2)15(21-23)16(20)24/h5-6H,1-2,7-12H2,3-4H3,(H2,20,24). The molecule has 0 bridgehead atoms. The molecule has 2 heterocycles. The van der Waals surface area contributed by atoms with Crippen molar-refractivity contribution < 1.29 is 23.9 Å². The lowest BCUT2D eigenvalue weighted by atomic mass is 10.0. The minimum atomic E-state index is -1.06. The van der Waals surface area contributed by atoms with Crippen molar-refractivity contribution in [2.24, 2.45) is 5.73 Å². The number of hydrogen-bond donors (Lipinski definition) is 1. The predicted octanol–water partition coefficient (Wildman–Crippen LogP) is 2.85. The van der Waals surface area contributed by atoms with Crippen molar-refractivity contribution in [1.82, 2.24) is 14.7 Å². The normalized spacial score (nSPS) is 13.9. The van der Waals surface area contributed by atoms with Gasteiger partial charge in [0, 0.05) is 18.7 Å². The smallest absolute Gasteiger partial charge is 0.428 e. The van der Waals surface area contributed by atoms with Gasteiger partial charge < -0.3 is 20.1 Å². The summed E-state index contributed by atoms with van der Waals surface area (Å²) in [4.78, 5) is 37.4. The number of amides is 2. The van der Waals surface area contributed by atoms with Crippen LogP contribution in [0.4, 0.5) is 9.59 Å². The van der Waals surface area contributed by atoms with Gasteiger partial charge in [-0.3, -0.25) is 9.48 Å². The Kier molecular flexibility index (Phi) is 6.61. The highest BCUT2D eigenvalue weighted by atomic mass is 16.8. The van der Waals surface area contributed by atoms with E-state index >= 15 is 0 Å². The van der Waals surface area contributed by atoms with E-state index in [1.54, 1.807) is 24.6 Å². The molecule has 28 heavy (non-hydrogen) atoms. The molecule has 2 amide bonds. The maximum Gasteiger partial charge on any atom is 0.517 e. The quantitative estimate of drug-likeness (QED) is 0.453. The van der Waals surface area contributed by atoms with Gasteiger partial charge in [-0.05, 0) is 33.1 Å². The van der Waals surface area contributed by atoms with E-state index in [1.165, 1.54) is 11.0 Å². The Morgan fingerprint density at radius 3 is 2.61 bits per heavy atom. The highest BCUT2D eigenvalue weighted by molar-refractivity contribution is 5.95. The van der Waals surface area contributed by atoms with E-state index in [0.29, 0.717) is 43.6 Å². The fourth-order valence-electron chi connectivity index (χ4n) is 2.97. The molecule has 9 nitrogen and oxygen atoms in total. The van der Waals surface area contributed by atoms with E-state index in [-0.39, 0.29) is 12.2 Å². The summed E-state index contributed by atoms with van der Waals surface area (Å²) in [5.74, 6) is -0.671. The second-order valence-electron chi connectivity index (χ2n) is 7.08. The van der Waals surface area contributed by atoms with Crippen LogP contribution < -0.4 is 5.73 Å². The lowest BCUT2D eigenvalue weighted by Crippen LogP contribution is -2.36. The van der Waals surface area contributed by atoms with E-state index in [0.717, 1.165) is 0 Å². The summed E-state index contributed by atoms with van der Waals surface area (Å²) in [5, 5.41) is 4.21. The van der Waals surface area contributed by atoms with Gasteiger partial charge in [-0.25, -0.2) is 9.59 Å². The Hall–Kier alpha value is -3.10. The van der Waals surface area contributed by atoms with Gasteiger partial charge in [-0.15, -0.1) is 6.58 Å². The average Bonchev–Trinajstić information content (AvgIpc) is 2.82. The summed E-state index contributed by atoms with van der Waals surface area (Å²) in [7, 11) is 0. The SMILES string of the molecule is C=CCCC(C)(C)OC(=O)OC(=O)N1CCCn2nc(C(N)=O)c(C=C)c2C1. The molecule has 0 atom stereocenters. The third-order valence-corrected chi connectivity index (χ3v) is 4.41. The van der Waals surface area contributed by atoms with Gasteiger partial charge in [-0.1, -0.05) is 18.7 Å². The van der Waals surface area contributed by atoms with Gasteiger partial charge in [0.25, 0.3) is 5.91 Å². The van der Waals surface area contributed by atoms with Crippen molar-refractivity contribution in [3.05, 3.63) is 36.2 Å². The predicted molar refractivity (Wildman–Crippen MR) is 102 cm³/mol. The largest absolute Gasteiger partial charge is 0.517 e. The molecule has 1 aromatic rings. The molecule has 0 radical (unpaired) electrons. The highest BCUT2D eigenvalue weighted by Gasteiger charge is 2.30. The number of allylic oxidation sites excluding steroid dienone is 1. The lowest BCUT2D eigenvalue weighted by Gasteiger charge is -2.25. The van der Waals surface area contributed by atoms with Crippen molar-refractivity contribution in [1.29, 1.82) is 0 Å². The summed E-state index contributed by atoms with van der Waals surface area (Å²) < 4.78 is 11.7. The number of hydrogen-bond acceptors (Lipinski definition) is 6. The molecule has 1 aliphatic rings. The number of ether oxygens (including phenoxy) is 2. The summed E-state index contributed by atoms with van der Waals surface area (Å²) in [6, 6.07) is 0. The molecule has 152 valence electrons. The molecule has 2 rings (SSSR count). The molecule has 0 fully saturated rings. The monoisotopic (exact) mass is 390 g/mol. The number of nitrogens with two attached hydrogens (primary N) is 1. The zero-order valence-electron chi connectivity index (χ0n) is 16.3. The van der Waals surface area contributed by atoms with Crippen LogP contribution in [0.3, 0.4) is 0 Å². The van der Waals surface area contributed by atoms with Crippen LogP contribution in [0.5, 0.6) is 0 Å². The van der Waals surface area contributed by atoms with Gasteiger partial charge in [0.15, 0.2) is 5.69 Å². The summed E-state index contributed by atoms with van der Waals surface area (Å²) >= 11 is 0. The number of carbonyl (C=O) groups excluding carboxylic acids is 3. The van der Waals surface area contributed by atoms with Gasteiger partial charge >= 0.3 is 12.2 Å². The molecule has 1 aromatic heterocycles. The molecular formula is C19H26N4O5. The van der Waals surface area contributed by atoms with Gasteiger partial charge in [0.2, 0.25) is 0 Å². The van der Waals surface area contributed by atoms with E-state index < -0.39 is 23.8 Å². The maximum atomic E-state index is 12.5. The van der Waals surface area contributed by atoms with Crippen molar-refractivity contribution in [2.75, 3.05) is 6.54 Å². The minimum absolute atomic E-state index is 0.101. The van der Waals surface area contributed by atoms with Crippen LogP contribution in [-0.4, -0.2) is 45.0 Å². The number of aromatic nitrogens is 2. The average molecular weight is 390 g/mol. The molecule has 1 aliphatic heterocycles. The van der Waals surface area contributed by atoms with Crippen molar-refractivity contribution in [2.45, 2.75) is 51.8 Å². The lowest BCUT2D eigenvalue weighted by molar-refractivity contribution is -0.0105. The van der Waals surface area contributed by atoms with E-state index in [4.69, 9.17) is 15.2 Å². The fourth-order valence-corrected chi connectivity index (χ4v) is 2.97. The molecule has 0 saturated heterocycles. The molecule has 0 unspecified atom stereocenters. The maximum absolute atomic E-state index is 12.5. The summed E-state index contributed by atoms with van der Waals surface area (Å²) in [6.45, 7) is 11.7. The summed E-state index contributed by atoms with van der Waals surface area (Å²) in [5.41, 5.74) is 5.76. The second kappa shape index (κ2) is 8.73. The first-order valence-corrected chi connectivity index (χ1v) is 9.01. The molecule has 0 saturated carbocycles. The molecule has 0 aliphatic carbocycles.